The number of nitrogens with zero attached hydrogens (tertiary/aromatic N) is 3. The Morgan fingerprint density at radius 2 is 2.00 bits per heavy atom. The number of aromatic nitrogens is 2. The van der Waals surface area contributed by atoms with Gasteiger partial charge in [-0.1, -0.05) is 31.2 Å². The fourth-order valence-electron chi connectivity index (χ4n) is 2.95. The van der Waals surface area contributed by atoms with Crippen LogP contribution in [0.25, 0.3) is 10.8 Å². The number of aryl methyl sites for hydroxylation is 1. The minimum atomic E-state index is -0.193. The van der Waals surface area contributed by atoms with E-state index in [9.17, 15) is 9.59 Å². The molecular formula is C20H23N3O3S. The summed E-state index contributed by atoms with van der Waals surface area (Å²) >= 11 is 1.60. The maximum Gasteiger partial charge on any atom is 0.275 e. The van der Waals surface area contributed by atoms with Crippen molar-refractivity contribution in [2.75, 3.05) is 20.3 Å². The SMILES string of the molecule is CCCn1nc(C(=O)N(CCOC)Cc2cccs2)c2ccccc2c1=O. The minimum Gasteiger partial charge on any atom is -0.383 e. The molecule has 0 aliphatic carbocycles. The van der Waals surface area contributed by atoms with Gasteiger partial charge in [0.1, 0.15) is 0 Å². The summed E-state index contributed by atoms with van der Waals surface area (Å²) in [5.74, 6) is -0.193. The van der Waals surface area contributed by atoms with Crippen LogP contribution in [-0.4, -0.2) is 40.8 Å². The molecule has 7 heteroatoms. The van der Waals surface area contributed by atoms with Gasteiger partial charge in [-0.3, -0.25) is 9.59 Å². The van der Waals surface area contributed by atoms with Crippen molar-refractivity contribution in [3.63, 3.8) is 0 Å². The fourth-order valence-corrected chi connectivity index (χ4v) is 3.67. The Morgan fingerprint density at radius 1 is 1.22 bits per heavy atom. The van der Waals surface area contributed by atoms with Crippen molar-refractivity contribution in [2.45, 2.75) is 26.4 Å². The van der Waals surface area contributed by atoms with Crippen molar-refractivity contribution >= 4 is 28.0 Å². The maximum atomic E-state index is 13.4. The Balaban J connectivity index is 2.05. The summed E-state index contributed by atoms with van der Waals surface area (Å²) in [6, 6.07) is 11.1. The topological polar surface area (TPSA) is 64.4 Å². The number of benzene rings is 1. The van der Waals surface area contributed by atoms with Crippen molar-refractivity contribution in [1.29, 1.82) is 0 Å². The van der Waals surface area contributed by atoms with Gasteiger partial charge in [-0.25, -0.2) is 4.68 Å². The van der Waals surface area contributed by atoms with Crippen LogP contribution in [0.3, 0.4) is 0 Å². The van der Waals surface area contributed by atoms with Gasteiger partial charge in [0.2, 0.25) is 0 Å². The Labute approximate surface area is 162 Å². The molecule has 0 N–H and O–H groups in total. The zero-order valence-electron chi connectivity index (χ0n) is 15.6. The van der Waals surface area contributed by atoms with Gasteiger partial charge in [0.15, 0.2) is 5.69 Å². The number of carbonyl (C=O) groups excluding carboxylic acids is 1. The first-order valence-corrected chi connectivity index (χ1v) is 9.84. The van der Waals surface area contributed by atoms with E-state index < -0.39 is 0 Å². The molecule has 0 fully saturated rings. The second kappa shape index (κ2) is 8.92. The van der Waals surface area contributed by atoms with E-state index in [1.54, 1.807) is 35.5 Å². The highest BCUT2D eigenvalue weighted by molar-refractivity contribution is 7.09. The molecule has 0 aliphatic rings. The minimum absolute atomic E-state index is 0.161. The number of ether oxygens (including phenoxy) is 1. The summed E-state index contributed by atoms with van der Waals surface area (Å²) in [7, 11) is 1.61. The average molecular weight is 385 g/mol. The van der Waals surface area contributed by atoms with Crippen LogP contribution in [-0.2, 0) is 17.8 Å². The van der Waals surface area contributed by atoms with Crippen molar-refractivity contribution in [1.82, 2.24) is 14.7 Å². The third-order valence-corrected chi connectivity index (χ3v) is 5.15. The monoisotopic (exact) mass is 385 g/mol. The molecule has 2 heterocycles. The van der Waals surface area contributed by atoms with Crippen LogP contribution in [0.1, 0.15) is 28.7 Å². The van der Waals surface area contributed by atoms with Crippen molar-refractivity contribution in [3.8, 4) is 0 Å². The summed E-state index contributed by atoms with van der Waals surface area (Å²) in [4.78, 5) is 28.8. The van der Waals surface area contributed by atoms with Gasteiger partial charge in [-0.05, 0) is 23.9 Å². The van der Waals surface area contributed by atoms with Crippen LogP contribution in [0.15, 0.2) is 46.6 Å². The molecule has 2 aromatic heterocycles. The highest BCUT2D eigenvalue weighted by Gasteiger charge is 2.22. The Bertz CT molecular complexity index is 966. The summed E-state index contributed by atoms with van der Waals surface area (Å²) < 4.78 is 6.58. The Kier molecular flexibility index (Phi) is 6.36. The van der Waals surface area contributed by atoms with E-state index in [1.807, 2.05) is 36.6 Å². The highest BCUT2D eigenvalue weighted by Crippen LogP contribution is 2.18. The predicted molar refractivity (Wildman–Crippen MR) is 107 cm³/mol. The first kappa shape index (κ1) is 19.3. The number of rotatable bonds is 8. The first-order valence-electron chi connectivity index (χ1n) is 8.96. The number of thiophene rings is 1. The Hall–Kier alpha value is -2.51. The van der Waals surface area contributed by atoms with Gasteiger partial charge < -0.3 is 9.64 Å². The summed E-state index contributed by atoms with van der Waals surface area (Å²) in [6.45, 7) is 3.84. The molecule has 1 amide bonds. The van der Waals surface area contributed by atoms with Crippen molar-refractivity contribution in [2.24, 2.45) is 0 Å². The van der Waals surface area contributed by atoms with E-state index in [4.69, 9.17) is 4.74 Å². The van der Waals surface area contributed by atoms with Gasteiger partial charge in [0.05, 0.1) is 18.5 Å². The molecule has 0 aliphatic heterocycles. The first-order chi connectivity index (χ1) is 13.2. The third kappa shape index (κ3) is 4.26. The normalized spacial score (nSPS) is 11.0. The van der Waals surface area contributed by atoms with Crippen molar-refractivity contribution < 1.29 is 9.53 Å². The molecule has 3 rings (SSSR count). The van der Waals surface area contributed by atoms with Crippen LogP contribution in [0.2, 0.25) is 0 Å². The summed E-state index contributed by atoms with van der Waals surface area (Å²) in [5.41, 5.74) is 0.150. The quantitative estimate of drug-likeness (QED) is 0.597. The largest absolute Gasteiger partial charge is 0.383 e. The predicted octanol–water partition coefficient (Wildman–Crippen LogP) is 3.16. The van der Waals surface area contributed by atoms with Gasteiger partial charge in [-0.2, -0.15) is 5.10 Å². The van der Waals surface area contributed by atoms with Gasteiger partial charge >= 0.3 is 0 Å². The lowest BCUT2D eigenvalue weighted by Crippen LogP contribution is -2.36. The zero-order chi connectivity index (χ0) is 19.2. The maximum absolute atomic E-state index is 13.4. The molecule has 0 saturated heterocycles. The number of hydrogen-bond donors (Lipinski definition) is 0. The van der Waals surface area contributed by atoms with E-state index >= 15 is 0 Å². The van der Waals surface area contributed by atoms with Crippen LogP contribution in [0.4, 0.5) is 0 Å². The molecule has 0 radical (unpaired) electrons. The van der Waals surface area contributed by atoms with Crippen LogP contribution in [0, 0.1) is 0 Å². The third-order valence-electron chi connectivity index (χ3n) is 4.29. The second-order valence-electron chi connectivity index (χ2n) is 6.22. The molecule has 0 bridgehead atoms. The number of carbonyl (C=O) groups is 1. The zero-order valence-corrected chi connectivity index (χ0v) is 16.4. The van der Waals surface area contributed by atoms with Gasteiger partial charge in [-0.15, -0.1) is 11.3 Å². The molecule has 0 saturated carbocycles. The lowest BCUT2D eigenvalue weighted by Gasteiger charge is -2.22. The van der Waals surface area contributed by atoms with E-state index in [0.717, 1.165) is 11.3 Å². The molecular weight excluding hydrogens is 362 g/mol. The number of fused-ring (bicyclic) bond motifs is 1. The molecule has 6 nitrogen and oxygen atoms in total. The van der Waals surface area contributed by atoms with E-state index in [-0.39, 0.29) is 11.5 Å². The van der Waals surface area contributed by atoms with Crippen LogP contribution in [0.5, 0.6) is 0 Å². The second-order valence-corrected chi connectivity index (χ2v) is 7.25. The lowest BCUT2D eigenvalue weighted by atomic mass is 10.1. The van der Waals surface area contributed by atoms with Gasteiger partial charge in [0.25, 0.3) is 11.5 Å². The Morgan fingerprint density at radius 3 is 2.67 bits per heavy atom. The molecule has 142 valence electrons. The van der Waals surface area contributed by atoms with Gasteiger partial charge in [0, 0.05) is 30.5 Å². The number of methoxy groups -OCH3 is 1. The van der Waals surface area contributed by atoms with Crippen molar-refractivity contribution in [3.05, 3.63) is 62.7 Å². The summed E-state index contributed by atoms with van der Waals surface area (Å²) in [5, 5.41) is 7.53. The fraction of sp³-hybridized carbons (Fsp3) is 0.350. The van der Waals surface area contributed by atoms with Crippen LogP contribution < -0.4 is 5.56 Å². The molecule has 3 aromatic rings. The summed E-state index contributed by atoms with van der Waals surface area (Å²) in [6.07, 6.45) is 0.765. The molecule has 1 aromatic carbocycles. The molecule has 27 heavy (non-hydrogen) atoms. The van der Waals surface area contributed by atoms with E-state index in [2.05, 4.69) is 5.10 Å². The highest BCUT2D eigenvalue weighted by atomic mass is 32.1. The van der Waals surface area contributed by atoms with E-state index in [1.165, 1.54) is 4.68 Å². The standard InChI is InChI=1S/C20H23N3O3S/c1-3-10-23-19(24)17-9-5-4-8-16(17)18(21-23)20(25)22(11-12-26-2)14-15-7-6-13-27-15/h4-9,13H,3,10-12,14H2,1-2H3. The van der Waals surface area contributed by atoms with E-state index in [0.29, 0.717) is 42.7 Å². The van der Waals surface area contributed by atoms with Crippen LogP contribution >= 0.6 is 11.3 Å². The molecule has 0 spiro atoms. The lowest BCUT2D eigenvalue weighted by molar-refractivity contribution is 0.0676. The number of hydrogen-bond acceptors (Lipinski definition) is 5. The smallest absolute Gasteiger partial charge is 0.275 e. The molecule has 0 unspecified atom stereocenters. The molecule has 0 atom stereocenters. The average Bonchev–Trinajstić information content (AvgIpc) is 3.20. The number of amides is 1.